The van der Waals surface area contributed by atoms with E-state index in [0.717, 1.165) is 24.8 Å². The van der Waals surface area contributed by atoms with Crippen LogP contribution < -0.4 is 0 Å². The molecule has 0 fully saturated rings. The van der Waals surface area contributed by atoms with Crippen molar-refractivity contribution in [2.24, 2.45) is 0 Å². The van der Waals surface area contributed by atoms with E-state index in [0.29, 0.717) is 12.2 Å². The maximum atomic E-state index is 12.6. The molecule has 1 rings (SSSR count). The second kappa shape index (κ2) is 9.33. The molecule has 1 atom stereocenters. The van der Waals surface area contributed by atoms with Crippen LogP contribution in [-0.2, 0) is 9.22 Å². The Balaban J connectivity index is 2.94. The third-order valence-corrected chi connectivity index (χ3v) is 10.3. The van der Waals surface area contributed by atoms with Crippen LogP contribution in [0.5, 0.6) is 0 Å². The molecule has 0 amide bonds. The number of carbonyl (C=O) groups is 1. The molecular formula is C21H40O2Si. The van der Waals surface area contributed by atoms with Crippen LogP contribution in [0, 0.1) is 0 Å². The van der Waals surface area contributed by atoms with E-state index in [9.17, 15) is 4.79 Å². The van der Waals surface area contributed by atoms with Crippen molar-refractivity contribution in [2.45, 2.75) is 117 Å². The first-order valence-electron chi connectivity index (χ1n) is 10.1. The zero-order valence-corrected chi connectivity index (χ0v) is 18.3. The molecule has 0 aromatic rings. The smallest absolute Gasteiger partial charge is 0.192 e. The Morgan fingerprint density at radius 1 is 1.00 bits per heavy atom. The Morgan fingerprint density at radius 3 is 2.04 bits per heavy atom. The fraction of sp³-hybridized carbons (Fsp3) is 0.857. The van der Waals surface area contributed by atoms with Gasteiger partial charge in [0.1, 0.15) is 0 Å². The SMILES string of the molecule is CCCCCC1=C(CCCCC)C(O[Si](C)(C)C(C)(C)C)CC1=O. The largest absolute Gasteiger partial charge is 0.410 e. The lowest BCUT2D eigenvalue weighted by Gasteiger charge is -2.39. The van der Waals surface area contributed by atoms with Gasteiger partial charge in [0.2, 0.25) is 0 Å². The van der Waals surface area contributed by atoms with Gasteiger partial charge in [-0.3, -0.25) is 4.79 Å². The number of hydrogen-bond donors (Lipinski definition) is 0. The second-order valence-corrected chi connectivity index (χ2v) is 13.7. The topological polar surface area (TPSA) is 26.3 Å². The van der Waals surface area contributed by atoms with Gasteiger partial charge in [0.05, 0.1) is 6.10 Å². The maximum absolute atomic E-state index is 12.6. The van der Waals surface area contributed by atoms with E-state index < -0.39 is 8.32 Å². The lowest BCUT2D eigenvalue weighted by atomic mass is 9.98. The number of ketones is 1. The first-order valence-corrected chi connectivity index (χ1v) is 13.0. The standard InChI is InChI=1S/C21H40O2Si/c1-8-10-12-14-17-18(15-13-11-9-2)20(16-19(17)22)23-24(6,7)21(3,4)5/h20H,8-16H2,1-7H3. The number of rotatable bonds is 10. The molecule has 1 aliphatic carbocycles. The van der Waals surface area contributed by atoms with Gasteiger partial charge in [-0.15, -0.1) is 0 Å². The molecular weight excluding hydrogens is 312 g/mol. The van der Waals surface area contributed by atoms with Crippen molar-refractivity contribution in [3.63, 3.8) is 0 Å². The highest BCUT2D eigenvalue weighted by Gasteiger charge is 2.42. The fourth-order valence-electron chi connectivity index (χ4n) is 3.16. The Hall–Kier alpha value is -0.413. The van der Waals surface area contributed by atoms with Gasteiger partial charge in [0.25, 0.3) is 0 Å². The van der Waals surface area contributed by atoms with Crippen LogP contribution in [-0.4, -0.2) is 20.2 Å². The van der Waals surface area contributed by atoms with Crippen LogP contribution in [0.15, 0.2) is 11.1 Å². The Labute approximate surface area is 151 Å². The molecule has 0 aromatic heterocycles. The van der Waals surface area contributed by atoms with E-state index in [1.165, 1.54) is 37.7 Å². The summed E-state index contributed by atoms with van der Waals surface area (Å²) in [7, 11) is -1.84. The van der Waals surface area contributed by atoms with Gasteiger partial charge in [-0.2, -0.15) is 0 Å². The van der Waals surface area contributed by atoms with Crippen LogP contribution in [0.2, 0.25) is 18.1 Å². The van der Waals surface area contributed by atoms with Crippen LogP contribution in [0.4, 0.5) is 0 Å². The first kappa shape index (κ1) is 21.6. The van der Waals surface area contributed by atoms with Crippen molar-refractivity contribution in [1.82, 2.24) is 0 Å². The average molecular weight is 353 g/mol. The lowest BCUT2D eigenvalue weighted by Crippen LogP contribution is -2.44. The van der Waals surface area contributed by atoms with E-state index >= 15 is 0 Å². The first-order chi connectivity index (χ1) is 11.1. The van der Waals surface area contributed by atoms with Gasteiger partial charge in [-0.05, 0) is 55.0 Å². The van der Waals surface area contributed by atoms with Gasteiger partial charge in [-0.25, -0.2) is 0 Å². The Morgan fingerprint density at radius 2 is 1.54 bits per heavy atom. The van der Waals surface area contributed by atoms with Crippen molar-refractivity contribution in [3.05, 3.63) is 11.1 Å². The lowest BCUT2D eigenvalue weighted by molar-refractivity contribution is -0.115. The number of Topliss-reactive ketones (excluding diaryl/α,β-unsaturated/α-hetero) is 1. The van der Waals surface area contributed by atoms with E-state index in [4.69, 9.17) is 4.43 Å². The predicted molar refractivity (Wildman–Crippen MR) is 107 cm³/mol. The van der Waals surface area contributed by atoms with Gasteiger partial charge < -0.3 is 4.43 Å². The summed E-state index contributed by atoms with van der Waals surface area (Å²) in [5.74, 6) is 0.362. The minimum Gasteiger partial charge on any atom is -0.410 e. The molecule has 0 saturated carbocycles. The van der Waals surface area contributed by atoms with Gasteiger partial charge in [0, 0.05) is 6.42 Å². The number of hydrogen-bond acceptors (Lipinski definition) is 2. The van der Waals surface area contributed by atoms with Crippen molar-refractivity contribution in [1.29, 1.82) is 0 Å². The second-order valence-electron chi connectivity index (χ2n) is 8.91. The summed E-state index contributed by atoms with van der Waals surface area (Å²) in [4.78, 5) is 12.6. The minimum absolute atomic E-state index is 0.0619. The normalized spacial score (nSPS) is 19.5. The molecule has 0 aliphatic heterocycles. The summed E-state index contributed by atoms with van der Waals surface area (Å²) in [6.07, 6.45) is 9.89. The summed E-state index contributed by atoms with van der Waals surface area (Å²) < 4.78 is 6.67. The molecule has 0 heterocycles. The zero-order chi connectivity index (χ0) is 18.4. The molecule has 0 bridgehead atoms. The van der Waals surface area contributed by atoms with Crippen molar-refractivity contribution in [2.75, 3.05) is 0 Å². The minimum atomic E-state index is -1.84. The molecule has 140 valence electrons. The van der Waals surface area contributed by atoms with Crippen molar-refractivity contribution >= 4 is 14.1 Å². The highest BCUT2D eigenvalue weighted by molar-refractivity contribution is 6.74. The predicted octanol–water partition coefficient (Wildman–Crippen LogP) is 6.81. The van der Waals surface area contributed by atoms with Crippen LogP contribution in [0.1, 0.15) is 92.4 Å². The van der Waals surface area contributed by atoms with E-state index in [1.54, 1.807) is 0 Å². The van der Waals surface area contributed by atoms with Gasteiger partial charge in [-0.1, -0.05) is 60.3 Å². The molecule has 3 heteroatoms. The quantitative estimate of drug-likeness (QED) is 0.319. The van der Waals surface area contributed by atoms with Crippen LogP contribution >= 0.6 is 0 Å². The van der Waals surface area contributed by atoms with E-state index in [2.05, 4.69) is 47.7 Å². The molecule has 0 radical (unpaired) electrons. The summed E-state index contributed by atoms with van der Waals surface area (Å²) in [6, 6.07) is 0. The van der Waals surface area contributed by atoms with Crippen LogP contribution in [0.25, 0.3) is 0 Å². The summed E-state index contributed by atoms with van der Waals surface area (Å²) >= 11 is 0. The molecule has 0 spiro atoms. The van der Waals surface area contributed by atoms with E-state index in [1.807, 2.05) is 0 Å². The molecule has 2 nitrogen and oxygen atoms in total. The highest BCUT2D eigenvalue weighted by Crippen LogP contribution is 2.41. The number of carbonyl (C=O) groups excluding carboxylic acids is 1. The zero-order valence-electron chi connectivity index (χ0n) is 17.3. The molecule has 0 N–H and O–H groups in total. The fourth-order valence-corrected chi connectivity index (χ4v) is 4.45. The Kier molecular flexibility index (Phi) is 8.41. The monoisotopic (exact) mass is 352 g/mol. The Bertz CT molecular complexity index is 443. The van der Waals surface area contributed by atoms with Gasteiger partial charge >= 0.3 is 0 Å². The van der Waals surface area contributed by atoms with Crippen molar-refractivity contribution < 1.29 is 9.22 Å². The third-order valence-electron chi connectivity index (χ3n) is 5.81. The highest BCUT2D eigenvalue weighted by atomic mass is 28.4. The molecule has 1 unspecified atom stereocenters. The molecule has 0 aromatic carbocycles. The van der Waals surface area contributed by atoms with Crippen LogP contribution in [0.3, 0.4) is 0 Å². The van der Waals surface area contributed by atoms with Crippen molar-refractivity contribution in [3.8, 4) is 0 Å². The third kappa shape index (κ3) is 5.84. The van der Waals surface area contributed by atoms with E-state index in [-0.39, 0.29) is 11.1 Å². The number of allylic oxidation sites excluding steroid dienone is 1. The van der Waals surface area contributed by atoms with Gasteiger partial charge in [0.15, 0.2) is 14.1 Å². The average Bonchev–Trinajstić information content (AvgIpc) is 2.74. The number of unbranched alkanes of at least 4 members (excludes halogenated alkanes) is 4. The maximum Gasteiger partial charge on any atom is 0.192 e. The molecule has 1 aliphatic rings. The molecule has 24 heavy (non-hydrogen) atoms. The summed E-state index contributed by atoms with van der Waals surface area (Å²) in [5, 5.41) is 0.190. The molecule has 0 saturated heterocycles. The summed E-state index contributed by atoms with van der Waals surface area (Å²) in [5.41, 5.74) is 2.48. The summed E-state index contributed by atoms with van der Waals surface area (Å²) in [6.45, 7) is 15.9.